The van der Waals surface area contributed by atoms with E-state index in [9.17, 15) is 18.8 Å². The molecule has 0 aliphatic carbocycles. The van der Waals surface area contributed by atoms with Crippen LogP contribution in [0, 0.1) is 5.82 Å². The van der Waals surface area contributed by atoms with Crippen molar-refractivity contribution in [1.82, 2.24) is 14.3 Å². The van der Waals surface area contributed by atoms with E-state index in [1.54, 1.807) is 32.6 Å². The van der Waals surface area contributed by atoms with Crippen LogP contribution in [0.4, 0.5) is 14.0 Å². The number of nitrogens with zero attached hydrogens (tertiary/aromatic N) is 3. The maximum absolute atomic E-state index is 14.0. The van der Waals surface area contributed by atoms with Gasteiger partial charge in [-0.1, -0.05) is 0 Å². The molecule has 1 aromatic heterocycles. The number of hydrogen-bond acceptors (Lipinski definition) is 5. The van der Waals surface area contributed by atoms with Crippen LogP contribution in [0.5, 0.6) is 0 Å². The minimum absolute atomic E-state index is 0.111. The summed E-state index contributed by atoms with van der Waals surface area (Å²) in [6.07, 6.45) is -0.287. The maximum atomic E-state index is 14.0. The Kier molecular flexibility index (Phi) is 6.26. The van der Waals surface area contributed by atoms with Crippen LogP contribution in [0.25, 0.3) is 10.9 Å². The summed E-state index contributed by atoms with van der Waals surface area (Å²) in [5.74, 6) is -0.579. The number of halogens is 2. The summed E-state index contributed by atoms with van der Waals surface area (Å²) in [4.78, 5) is 39.7. The molecular formula is C20H25BrFN3O5. The number of aromatic nitrogens is 2. The Morgan fingerprint density at radius 1 is 1.20 bits per heavy atom. The van der Waals surface area contributed by atoms with Crippen molar-refractivity contribution in [3.05, 3.63) is 32.8 Å². The van der Waals surface area contributed by atoms with Crippen LogP contribution in [-0.4, -0.2) is 51.7 Å². The molecule has 3 rings (SSSR count). The van der Waals surface area contributed by atoms with E-state index in [-0.39, 0.29) is 28.0 Å². The van der Waals surface area contributed by atoms with Gasteiger partial charge in [0, 0.05) is 23.6 Å². The van der Waals surface area contributed by atoms with Crippen molar-refractivity contribution in [2.45, 2.75) is 52.2 Å². The monoisotopic (exact) mass is 485 g/mol. The number of benzene rings is 1. The molecule has 10 heteroatoms. The fourth-order valence-electron chi connectivity index (χ4n) is 3.58. The minimum atomic E-state index is -0.753. The maximum Gasteiger partial charge on any atom is 0.433 e. The molecule has 2 heterocycles. The van der Waals surface area contributed by atoms with E-state index < -0.39 is 29.2 Å². The number of piperidine rings is 1. The molecule has 0 N–H and O–H groups in total. The molecule has 0 unspecified atom stereocenters. The topological polar surface area (TPSA) is 82.8 Å². The van der Waals surface area contributed by atoms with Gasteiger partial charge in [-0.15, -0.1) is 0 Å². The van der Waals surface area contributed by atoms with Gasteiger partial charge in [0.25, 0.3) is 5.56 Å². The van der Waals surface area contributed by atoms with Crippen LogP contribution >= 0.6 is 15.9 Å². The number of carbonyl (C=O) groups excluding carboxylic acids is 2. The molecule has 8 nitrogen and oxygen atoms in total. The lowest BCUT2D eigenvalue weighted by atomic mass is 10.1. The molecular weight excluding hydrogens is 461 g/mol. The number of fused-ring (bicyclic) bond motifs is 1. The average molecular weight is 486 g/mol. The van der Waals surface area contributed by atoms with Gasteiger partial charge in [-0.3, -0.25) is 4.79 Å². The highest BCUT2D eigenvalue weighted by atomic mass is 79.9. The highest BCUT2D eigenvalue weighted by molar-refractivity contribution is 9.10. The molecule has 0 radical (unpaired) electrons. The predicted octanol–water partition coefficient (Wildman–Crippen LogP) is 4.28. The summed E-state index contributed by atoms with van der Waals surface area (Å²) in [6.45, 7) is 7.89. The largest absolute Gasteiger partial charge is 0.448 e. The van der Waals surface area contributed by atoms with Crippen molar-refractivity contribution in [2.75, 3.05) is 19.7 Å². The van der Waals surface area contributed by atoms with Gasteiger partial charge in [0.15, 0.2) is 0 Å². The standard InChI is InChI=1S/C20H25BrFN3O5/c1-5-29-19(28)25-15-11-12(22)10-14(21)16(15)17(26)24(25)13-6-8-23(9-7-13)18(27)30-20(2,3)4/h10-11,13H,5-9H2,1-4H3. The van der Waals surface area contributed by atoms with Crippen molar-refractivity contribution in [1.29, 1.82) is 0 Å². The summed E-state index contributed by atoms with van der Waals surface area (Å²) in [5.41, 5.74) is -0.877. The van der Waals surface area contributed by atoms with Crippen molar-refractivity contribution < 1.29 is 23.5 Å². The summed E-state index contributed by atoms with van der Waals surface area (Å²) in [5, 5.41) is 0.207. The van der Waals surface area contributed by atoms with Crippen LogP contribution in [0.3, 0.4) is 0 Å². The number of rotatable bonds is 2. The molecule has 0 saturated carbocycles. The van der Waals surface area contributed by atoms with E-state index in [0.29, 0.717) is 25.9 Å². The fraction of sp³-hybridized carbons (Fsp3) is 0.550. The lowest BCUT2D eigenvalue weighted by Crippen LogP contribution is -2.44. The number of ether oxygens (including phenoxy) is 2. The summed E-state index contributed by atoms with van der Waals surface area (Å²) >= 11 is 3.23. The summed E-state index contributed by atoms with van der Waals surface area (Å²) < 4.78 is 27.2. The molecule has 1 aliphatic heterocycles. The third kappa shape index (κ3) is 4.38. The van der Waals surface area contributed by atoms with Gasteiger partial charge in [-0.25, -0.2) is 18.7 Å². The molecule has 1 aliphatic rings. The Morgan fingerprint density at radius 3 is 2.40 bits per heavy atom. The highest BCUT2D eigenvalue weighted by Crippen LogP contribution is 2.28. The van der Waals surface area contributed by atoms with Gasteiger partial charge in [0.2, 0.25) is 0 Å². The van der Waals surface area contributed by atoms with Crippen molar-refractivity contribution in [3.8, 4) is 0 Å². The molecule has 0 spiro atoms. The first-order chi connectivity index (χ1) is 14.0. The lowest BCUT2D eigenvalue weighted by Gasteiger charge is -2.34. The second kappa shape index (κ2) is 8.41. The van der Waals surface area contributed by atoms with E-state index in [1.165, 1.54) is 10.7 Å². The van der Waals surface area contributed by atoms with Crippen LogP contribution < -0.4 is 5.56 Å². The first kappa shape index (κ1) is 22.3. The zero-order valence-corrected chi connectivity index (χ0v) is 19.0. The van der Waals surface area contributed by atoms with Crippen molar-refractivity contribution >= 4 is 39.0 Å². The SMILES string of the molecule is CCOC(=O)n1c2cc(F)cc(Br)c2c(=O)n1C1CCN(C(=O)OC(C)(C)C)CC1. The second-order valence-electron chi connectivity index (χ2n) is 8.14. The van der Waals surface area contributed by atoms with Crippen molar-refractivity contribution in [2.24, 2.45) is 0 Å². The molecule has 2 aromatic rings. The average Bonchev–Trinajstić information content (AvgIpc) is 2.93. The highest BCUT2D eigenvalue weighted by Gasteiger charge is 2.32. The van der Waals surface area contributed by atoms with E-state index >= 15 is 0 Å². The van der Waals surface area contributed by atoms with E-state index in [0.717, 1.165) is 10.7 Å². The predicted molar refractivity (Wildman–Crippen MR) is 112 cm³/mol. The quantitative estimate of drug-likeness (QED) is 0.633. The van der Waals surface area contributed by atoms with Gasteiger partial charge < -0.3 is 14.4 Å². The zero-order chi connectivity index (χ0) is 22.2. The second-order valence-corrected chi connectivity index (χ2v) is 9.00. The molecule has 1 aromatic carbocycles. The van der Waals surface area contributed by atoms with Crippen LogP contribution in [0.15, 0.2) is 21.4 Å². The van der Waals surface area contributed by atoms with Crippen molar-refractivity contribution in [3.63, 3.8) is 0 Å². The van der Waals surface area contributed by atoms with E-state index in [1.807, 2.05) is 0 Å². The Bertz CT molecular complexity index is 1030. The molecule has 1 saturated heterocycles. The normalized spacial score (nSPS) is 15.5. The van der Waals surface area contributed by atoms with E-state index in [4.69, 9.17) is 9.47 Å². The van der Waals surface area contributed by atoms with Gasteiger partial charge >= 0.3 is 12.2 Å². The molecule has 0 bridgehead atoms. The Hall–Kier alpha value is -2.36. The number of hydrogen-bond donors (Lipinski definition) is 0. The molecule has 30 heavy (non-hydrogen) atoms. The zero-order valence-electron chi connectivity index (χ0n) is 17.4. The Labute approximate surface area is 181 Å². The molecule has 0 atom stereocenters. The van der Waals surface area contributed by atoms with Crippen LogP contribution in [0.1, 0.15) is 46.6 Å². The fourth-order valence-corrected chi connectivity index (χ4v) is 4.17. The lowest BCUT2D eigenvalue weighted by molar-refractivity contribution is 0.0179. The molecule has 1 fully saturated rings. The summed E-state index contributed by atoms with van der Waals surface area (Å²) in [7, 11) is 0. The van der Waals surface area contributed by atoms with Gasteiger partial charge in [-0.2, -0.15) is 4.68 Å². The minimum Gasteiger partial charge on any atom is -0.448 e. The first-order valence-corrected chi connectivity index (χ1v) is 10.6. The van der Waals surface area contributed by atoms with E-state index in [2.05, 4.69) is 15.9 Å². The van der Waals surface area contributed by atoms with Crippen LogP contribution in [-0.2, 0) is 9.47 Å². The molecule has 1 amide bonds. The first-order valence-electron chi connectivity index (χ1n) is 9.80. The van der Waals surface area contributed by atoms with Crippen LogP contribution in [0.2, 0.25) is 0 Å². The number of carbonyl (C=O) groups is 2. The number of amides is 1. The third-order valence-corrected chi connectivity index (χ3v) is 5.43. The van der Waals surface area contributed by atoms with Gasteiger partial charge in [-0.05, 0) is 62.5 Å². The third-order valence-electron chi connectivity index (χ3n) is 4.80. The Morgan fingerprint density at radius 2 is 1.83 bits per heavy atom. The number of likely N-dealkylation sites (tertiary alicyclic amines) is 1. The molecule has 164 valence electrons. The summed E-state index contributed by atoms with van der Waals surface area (Å²) in [6, 6.07) is 1.97. The van der Waals surface area contributed by atoms with Gasteiger partial charge in [0.05, 0.1) is 23.6 Å². The Balaban J connectivity index is 1.97. The smallest absolute Gasteiger partial charge is 0.433 e. The van der Waals surface area contributed by atoms with Gasteiger partial charge in [0.1, 0.15) is 11.4 Å².